The van der Waals surface area contributed by atoms with E-state index in [-0.39, 0.29) is 38.6 Å². The van der Waals surface area contributed by atoms with Gasteiger partial charge in [-0.15, -0.1) is 0 Å². The molecule has 10 heteroatoms. The van der Waals surface area contributed by atoms with Gasteiger partial charge in [-0.2, -0.15) is 0 Å². The molecule has 0 saturated carbocycles. The minimum atomic E-state index is -4.36. The Labute approximate surface area is 295 Å². The fourth-order valence-corrected chi connectivity index (χ4v) is 6.52. The van der Waals surface area contributed by atoms with Crippen LogP contribution in [0.5, 0.6) is 0 Å². The van der Waals surface area contributed by atoms with Crippen molar-refractivity contribution in [2.24, 2.45) is 5.73 Å². The molecule has 0 radical (unpaired) electrons. The fraction of sp³-hybridized carbons (Fsp3) is 0.947. The highest BCUT2D eigenvalue weighted by molar-refractivity contribution is 7.47. The number of hydrogen-bond donors (Lipinski definition) is 2. The molecule has 0 bridgehead atoms. The van der Waals surface area contributed by atoms with Crippen molar-refractivity contribution >= 4 is 19.8 Å². The van der Waals surface area contributed by atoms with Crippen LogP contribution in [0.2, 0.25) is 0 Å². The summed E-state index contributed by atoms with van der Waals surface area (Å²) in [4.78, 5) is 34.7. The summed E-state index contributed by atoms with van der Waals surface area (Å²) in [5.74, 6) is -0.817. The number of nitrogens with two attached hydrogens (primary N) is 1. The molecule has 0 aliphatic carbocycles. The van der Waals surface area contributed by atoms with Crippen molar-refractivity contribution < 1.29 is 37.6 Å². The van der Waals surface area contributed by atoms with Gasteiger partial charge in [-0.25, -0.2) is 4.57 Å². The zero-order valence-corrected chi connectivity index (χ0v) is 32.1. The summed E-state index contributed by atoms with van der Waals surface area (Å²) >= 11 is 0. The van der Waals surface area contributed by atoms with Gasteiger partial charge in [-0.05, 0) is 12.8 Å². The number of carbonyl (C=O) groups excluding carboxylic acids is 2. The lowest BCUT2D eigenvalue weighted by atomic mass is 10.0. The lowest BCUT2D eigenvalue weighted by Crippen LogP contribution is -2.29. The summed E-state index contributed by atoms with van der Waals surface area (Å²) < 4.78 is 32.7. The fourth-order valence-electron chi connectivity index (χ4n) is 5.75. The number of hydrogen-bond acceptors (Lipinski definition) is 8. The number of esters is 2. The van der Waals surface area contributed by atoms with Gasteiger partial charge in [-0.1, -0.05) is 174 Å². The zero-order chi connectivity index (χ0) is 35.4. The van der Waals surface area contributed by atoms with Gasteiger partial charge >= 0.3 is 19.8 Å². The molecular formula is C38H76NO8P. The van der Waals surface area contributed by atoms with Crippen molar-refractivity contribution in [3.63, 3.8) is 0 Å². The Bertz CT molecular complexity index is 769. The third kappa shape index (κ3) is 34.9. The van der Waals surface area contributed by atoms with E-state index in [9.17, 15) is 19.0 Å². The molecule has 286 valence electrons. The molecule has 9 nitrogen and oxygen atoms in total. The van der Waals surface area contributed by atoms with Crippen molar-refractivity contribution in [2.75, 3.05) is 26.4 Å². The molecule has 48 heavy (non-hydrogen) atoms. The average molecular weight is 706 g/mol. The van der Waals surface area contributed by atoms with E-state index in [1.807, 2.05) is 0 Å². The maximum absolute atomic E-state index is 12.5. The van der Waals surface area contributed by atoms with E-state index >= 15 is 0 Å². The minimum Gasteiger partial charge on any atom is -0.462 e. The van der Waals surface area contributed by atoms with Crippen LogP contribution in [-0.4, -0.2) is 49.3 Å². The zero-order valence-electron chi connectivity index (χ0n) is 31.2. The van der Waals surface area contributed by atoms with Gasteiger partial charge in [0.25, 0.3) is 0 Å². The number of unbranched alkanes of at least 4 members (excludes halogenated alkanes) is 25. The molecule has 0 aromatic carbocycles. The Morgan fingerprint density at radius 3 is 1.27 bits per heavy atom. The molecule has 3 N–H and O–H groups in total. The molecule has 0 fully saturated rings. The van der Waals surface area contributed by atoms with Gasteiger partial charge in [0, 0.05) is 19.4 Å². The number of phosphoric ester groups is 1. The second kappa shape index (κ2) is 35.8. The molecule has 0 rings (SSSR count). The monoisotopic (exact) mass is 706 g/mol. The Morgan fingerprint density at radius 2 is 0.896 bits per heavy atom. The Hall–Kier alpha value is -0.990. The topological polar surface area (TPSA) is 134 Å². The molecule has 0 saturated heterocycles. The van der Waals surface area contributed by atoms with Crippen LogP contribution in [0, 0.1) is 0 Å². The van der Waals surface area contributed by atoms with Gasteiger partial charge in [-0.3, -0.25) is 18.6 Å². The third-order valence-electron chi connectivity index (χ3n) is 8.74. The van der Waals surface area contributed by atoms with Gasteiger partial charge in [0.15, 0.2) is 6.10 Å². The Morgan fingerprint density at radius 1 is 0.542 bits per heavy atom. The number of phosphoric acid groups is 1. The average Bonchev–Trinajstić information content (AvgIpc) is 3.07. The summed E-state index contributed by atoms with van der Waals surface area (Å²) in [5.41, 5.74) is 5.33. The second-order valence-electron chi connectivity index (χ2n) is 13.5. The molecular weight excluding hydrogens is 629 g/mol. The van der Waals surface area contributed by atoms with E-state index in [1.165, 1.54) is 135 Å². The Kier molecular flexibility index (Phi) is 35.1. The van der Waals surface area contributed by atoms with Crippen LogP contribution in [0.3, 0.4) is 0 Å². The summed E-state index contributed by atoms with van der Waals surface area (Å²) in [6.45, 7) is 3.75. The van der Waals surface area contributed by atoms with Gasteiger partial charge in [0.1, 0.15) is 6.61 Å². The summed E-state index contributed by atoms with van der Waals surface area (Å²) in [7, 11) is -4.36. The van der Waals surface area contributed by atoms with Crippen LogP contribution < -0.4 is 5.73 Å². The molecule has 0 aliphatic rings. The largest absolute Gasteiger partial charge is 0.472 e. The van der Waals surface area contributed by atoms with Gasteiger partial charge < -0.3 is 20.1 Å². The lowest BCUT2D eigenvalue weighted by Gasteiger charge is -2.19. The van der Waals surface area contributed by atoms with Gasteiger partial charge in [0.05, 0.1) is 13.2 Å². The van der Waals surface area contributed by atoms with E-state index in [2.05, 4.69) is 13.8 Å². The van der Waals surface area contributed by atoms with Gasteiger partial charge in [0.2, 0.25) is 0 Å². The van der Waals surface area contributed by atoms with Crippen LogP contribution in [0.1, 0.15) is 200 Å². The Balaban J connectivity index is 4.16. The first-order valence-electron chi connectivity index (χ1n) is 20.0. The van der Waals surface area contributed by atoms with Crippen LogP contribution in [0.15, 0.2) is 0 Å². The minimum absolute atomic E-state index is 0.0579. The molecule has 0 heterocycles. The van der Waals surface area contributed by atoms with Crippen LogP contribution in [-0.2, 0) is 32.7 Å². The molecule has 0 aromatic rings. The highest BCUT2D eigenvalue weighted by Crippen LogP contribution is 2.43. The first kappa shape index (κ1) is 47.0. The van der Waals surface area contributed by atoms with E-state index in [0.29, 0.717) is 6.42 Å². The summed E-state index contributed by atoms with van der Waals surface area (Å²) in [5, 5.41) is 0. The third-order valence-corrected chi connectivity index (χ3v) is 9.73. The van der Waals surface area contributed by atoms with Crippen LogP contribution in [0.25, 0.3) is 0 Å². The molecule has 0 spiro atoms. The molecule has 0 aromatic heterocycles. The quantitative estimate of drug-likeness (QED) is 0.0365. The number of ether oxygens (including phenoxy) is 2. The SMILES string of the molecule is CCCCCCCCCCCCCCCCCC(=O)O[C@@H](COC(=O)CCCCCCCCCCCCCC)COP(=O)(O)OCCN. The predicted molar refractivity (Wildman–Crippen MR) is 197 cm³/mol. The number of rotatable bonds is 38. The number of carbonyl (C=O) groups is 2. The maximum atomic E-state index is 12.5. The highest BCUT2D eigenvalue weighted by atomic mass is 31.2. The lowest BCUT2D eigenvalue weighted by molar-refractivity contribution is -0.161. The second-order valence-corrected chi connectivity index (χ2v) is 15.0. The smallest absolute Gasteiger partial charge is 0.462 e. The van der Waals surface area contributed by atoms with Crippen molar-refractivity contribution in [3.05, 3.63) is 0 Å². The predicted octanol–water partition coefficient (Wildman–Crippen LogP) is 10.9. The highest BCUT2D eigenvalue weighted by Gasteiger charge is 2.26. The maximum Gasteiger partial charge on any atom is 0.472 e. The van der Waals surface area contributed by atoms with Crippen molar-refractivity contribution in [2.45, 2.75) is 206 Å². The molecule has 0 aliphatic heterocycles. The van der Waals surface area contributed by atoms with Crippen LogP contribution in [0.4, 0.5) is 0 Å². The first-order chi connectivity index (χ1) is 23.3. The van der Waals surface area contributed by atoms with Crippen molar-refractivity contribution in [1.82, 2.24) is 0 Å². The molecule has 2 atom stereocenters. The summed E-state index contributed by atoms with van der Waals surface area (Å²) in [6.07, 6.45) is 32.7. The van der Waals surface area contributed by atoms with Crippen molar-refractivity contribution in [1.29, 1.82) is 0 Å². The standard InChI is InChI=1S/C38H76NO8P/c1-3-5-7-9-11-13-15-17-18-19-21-23-25-27-29-31-38(41)47-36(35-46-48(42,43)45-33-32-39)34-44-37(40)30-28-26-24-22-20-16-14-12-10-8-6-4-2/h36H,3-35,39H2,1-2H3,(H,42,43)/t36-/m0/s1. The van der Waals surface area contributed by atoms with Crippen molar-refractivity contribution in [3.8, 4) is 0 Å². The normalized spacial score (nSPS) is 13.3. The van der Waals surface area contributed by atoms with E-state index < -0.39 is 26.5 Å². The first-order valence-corrected chi connectivity index (χ1v) is 21.5. The van der Waals surface area contributed by atoms with E-state index in [0.717, 1.165) is 32.1 Å². The van der Waals surface area contributed by atoms with E-state index in [1.54, 1.807) is 0 Å². The summed E-state index contributed by atoms with van der Waals surface area (Å²) in [6, 6.07) is 0. The molecule has 0 amide bonds. The van der Waals surface area contributed by atoms with E-state index in [4.69, 9.17) is 24.3 Å². The van der Waals surface area contributed by atoms with Crippen LogP contribution >= 0.6 is 7.82 Å². The molecule has 1 unspecified atom stereocenters.